The molecule has 0 spiro atoms. The second kappa shape index (κ2) is 10.0. The van der Waals surface area contributed by atoms with E-state index < -0.39 is 0 Å². The minimum absolute atomic E-state index is 0.0622. The molecular weight excluding hydrogens is 412 g/mol. The van der Waals surface area contributed by atoms with Crippen molar-refractivity contribution in [1.29, 1.82) is 0 Å². The Labute approximate surface area is 190 Å². The molecule has 0 atom stereocenters. The number of piperidine rings is 2. The first-order chi connectivity index (χ1) is 15.0. The van der Waals surface area contributed by atoms with Gasteiger partial charge < -0.3 is 9.64 Å². The number of hydrogen-bond acceptors (Lipinski definition) is 4. The molecule has 2 aromatic rings. The van der Waals surface area contributed by atoms with Crippen LogP contribution in [0, 0.1) is 6.92 Å². The Morgan fingerprint density at radius 3 is 2.58 bits per heavy atom. The third-order valence-corrected chi connectivity index (χ3v) is 6.78. The zero-order valence-corrected chi connectivity index (χ0v) is 19.4. The Balaban J connectivity index is 1.37. The Kier molecular flexibility index (Phi) is 7.18. The van der Waals surface area contributed by atoms with Crippen molar-refractivity contribution in [3.8, 4) is 5.75 Å². The van der Waals surface area contributed by atoms with Crippen molar-refractivity contribution in [2.75, 3.05) is 26.2 Å². The second-order valence-electron chi connectivity index (χ2n) is 8.66. The molecule has 1 aromatic heterocycles. The van der Waals surface area contributed by atoms with Gasteiger partial charge in [0.2, 0.25) is 0 Å². The number of nitrogens with zero attached hydrogens (tertiary/aromatic N) is 4. The summed E-state index contributed by atoms with van der Waals surface area (Å²) in [7, 11) is 0. The molecule has 7 heteroatoms. The molecule has 2 aliphatic heterocycles. The molecule has 2 saturated heterocycles. The van der Waals surface area contributed by atoms with E-state index in [0.29, 0.717) is 16.3 Å². The number of aromatic nitrogens is 2. The number of carbonyl (C=O) groups is 1. The van der Waals surface area contributed by atoms with Crippen LogP contribution in [-0.4, -0.2) is 57.8 Å². The maximum absolute atomic E-state index is 13.1. The standard InChI is InChI=1S/C24H33ClN4O2/c1-3-29-18(2)19(16-26-29)17-27-13-9-21(10-14-27)31-23-15-20(25)7-8-22(23)24(30)28-11-5-4-6-12-28/h7-8,15-16,21H,3-6,9-14,17H2,1-2H3. The van der Waals surface area contributed by atoms with Crippen LogP contribution in [0.2, 0.25) is 5.02 Å². The molecule has 1 aromatic carbocycles. The lowest BCUT2D eigenvalue weighted by molar-refractivity contribution is 0.0702. The lowest BCUT2D eigenvalue weighted by Crippen LogP contribution is -2.38. The smallest absolute Gasteiger partial charge is 0.257 e. The number of aryl methyl sites for hydroxylation is 1. The van der Waals surface area contributed by atoms with Gasteiger partial charge in [-0.15, -0.1) is 0 Å². The number of ether oxygens (including phenoxy) is 1. The fraction of sp³-hybridized carbons (Fsp3) is 0.583. The number of likely N-dealkylation sites (tertiary alicyclic amines) is 2. The summed E-state index contributed by atoms with van der Waals surface area (Å²) >= 11 is 6.25. The number of benzene rings is 1. The fourth-order valence-electron chi connectivity index (χ4n) is 4.60. The third kappa shape index (κ3) is 5.24. The monoisotopic (exact) mass is 444 g/mol. The van der Waals surface area contributed by atoms with Crippen molar-refractivity contribution in [3.05, 3.63) is 46.2 Å². The van der Waals surface area contributed by atoms with Crippen LogP contribution in [0.4, 0.5) is 0 Å². The number of rotatable bonds is 6. The van der Waals surface area contributed by atoms with Crippen molar-refractivity contribution in [3.63, 3.8) is 0 Å². The average molecular weight is 445 g/mol. The molecular formula is C24H33ClN4O2. The van der Waals surface area contributed by atoms with Gasteiger partial charge in [-0.3, -0.25) is 14.4 Å². The van der Waals surface area contributed by atoms with Crippen LogP contribution in [0.5, 0.6) is 5.75 Å². The van der Waals surface area contributed by atoms with Gasteiger partial charge >= 0.3 is 0 Å². The molecule has 3 heterocycles. The zero-order chi connectivity index (χ0) is 21.8. The molecule has 0 saturated carbocycles. The molecule has 2 aliphatic rings. The zero-order valence-electron chi connectivity index (χ0n) is 18.6. The summed E-state index contributed by atoms with van der Waals surface area (Å²) in [5.41, 5.74) is 3.18. The Hall–Kier alpha value is -2.05. The highest BCUT2D eigenvalue weighted by Crippen LogP contribution is 2.29. The highest BCUT2D eigenvalue weighted by atomic mass is 35.5. The van der Waals surface area contributed by atoms with E-state index in [9.17, 15) is 4.79 Å². The van der Waals surface area contributed by atoms with E-state index in [-0.39, 0.29) is 12.0 Å². The SMILES string of the molecule is CCn1ncc(CN2CCC(Oc3cc(Cl)ccc3C(=O)N3CCCCC3)CC2)c1C. The minimum Gasteiger partial charge on any atom is -0.489 e. The average Bonchev–Trinajstić information content (AvgIpc) is 3.14. The van der Waals surface area contributed by atoms with Gasteiger partial charge in [-0.2, -0.15) is 5.10 Å². The molecule has 31 heavy (non-hydrogen) atoms. The third-order valence-electron chi connectivity index (χ3n) is 6.54. The van der Waals surface area contributed by atoms with E-state index in [1.807, 2.05) is 21.8 Å². The number of halogens is 1. The molecule has 0 N–H and O–H groups in total. The summed E-state index contributed by atoms with van der Waals surface area (Å²) < 4.78 is 8.39. The molecule has 0 bridgehead atoms. The highest BCUT2D eigenvalue weighted by molar-refractivity contribution is 6.30. The first-order valence-corrected chi connectivity index (χ1v) is 11.9. The van der Waals surface area contributed by atoms with Crippen LogP contribution in [0.1, 0.15) is 60.6 Å². The van der Waals surface area contributed by atoms with E-state index in [1.165, 1.54) is 17.7 Å². The first kappa shape index (κ1) is 22.2. The molecule has 0 unspecified atom stereocenters. The summed E-state index contributed by atoms with van der Waals surface area (Å²) in [6, 6.07) is 5.40. The number of amides is 1. The van der Waals surface area contributed by atoms with Gasteiger partial charge in [0.25, 0.3) is 5.91 Å². The van der Waals surface area contributed by atoms with Crippen LogP contribution in [0.25, 0.3) is 0 Å². The van der Waals surface area contributed by atoms with E-state index in [1.54, 1.807) is 12.1 Å². The van der Waals surface area contributed by atoms with Crippen molar-refractivity contribution in [2.24, 2.45) is 0 Å². The van der Waals surface area contributed by atoms with Crippen molar-refractivity contribution >= 4 is 17.5 Å². The quantitative estimate of drug-likeness (QED) is 0.656. The summed E-state index contributed by atoms with van der Waals surface area (Å²) in [5.74, 6) is 0.689. The van der Waals surface area contributed by atoms with Crippen LogP contribution >= 0.6 is 11.6 Å². The fourth-order valence-corrected chi connectivity index (χ4v) is 4.76. The van der Waals surface area contributed by atoms with Gasteiger partial charge in [0.05, 0.1) is 11.8 Å². The summed E-state index contributed by atoms with van der Waals surface area (Å²) in [6.45, 7) is 9.68. The molecule has 6 nitrogen and oxygen atoms in total. The van der Waals surface area contributed by atoms with Gasteiger partial charge in [-0.05, 0) is 64.2 Å². The summed E-state index contributed by atoms with van der Waals surface area (Å²) in [5, 5.41) is 5.06. The van der Waals surface area contributed by atoms with Crippen LogP contribution < -0.4 is 4.74 Å². The number of carbonyl (C=O) groups excluding carboxylic acids is 1. The molecule has 0 radical (unpaired) electrons. The van der Waals surface area contributed by atoms with Gasteiger partial charge in [0, 0.05) is 55.5 Å². The maximum Gasteiger partial charge on any atom is 0.257 e. The maximum atomic E-state index is 13.1. The van der Waals surface area contributed by atoms with Gasteiger partial charge in [-0.1, -0.05) is 11.6 Å². The Morgan fingerprint density at radius 2 is 1.90 bits per heavy atom. The van der Waals surface area contributed by atoms with Crippen LogP contribution in [0.15, 0.2) is 24.4 Å². The number of hydrogen-bond donors (Lipinski definition) is 0. The summed E-state index contributed by atoms with van der Waals surface area (Å²) in [6.07, 6.45) is 7.31. The van der Waals surface area contributed by atoms with E-state index in [2.05, 4.69) is 23.8 Å². The van der Waals surface area contributed by atoms with Crippen molar-refractivity contribution in [2.45, 2.75) is 65.1 Å². The molecule has 0 aliphatic carbocycles. The lowest BCUT2D eigenvalue weighted by Gasteiger charge is -2.33. The lowest BCUT2D eigenvalue weighted by atomic mass is 10.1. The van der Waals surface area contributed by atoms with Crippen LogP contribution in [0.3, 0.4) is 0 Å². The second-order valence-corrected chi connectivity index (χ2v) is 9.09. The molecule has 2 fully saturated rings. The molecule has 1 amide bonds. The van der Waals surface area contributed by atoms with Crippen LogP contribution in [-0.2, 0) is 13.1 Å². The van der Waals surface area contributed by atoms with Gasteiger partial charge in [0.15, 0.2) is 0 Å². The van der Waals surface area contributed by atoms with Gasteiger partial charge in [0.1, 0.15) is 11.9 Å². The Bertz CT molecular complexity index is 899. The predicted molar refractivity (Wildman–Crippen MR) is 123 cm³/mol. The van der Waals surface area contributed by atoms with E-state index in [0.717, 1.165) is 65.0 Å². The largest absolute Gasteiger partial charge is 0.489 e. The van der Waals surface area contributed by atoms with Gasteiger partial charge in [-0.25, -0.2) is 0 Å². The van der Waals surface area contributed by atoms with E-state index >= 15 is 0 Å². The normalized spacial score (nSPS) is 18.4. The van der Waals surface area contributed by atoms with E-state index in [4.69, 9.17) is 16.3 Å². The van der Waals surface area contributed by atoms with Crippen molar-refractivity contribution in [1.82, 2.24) is 19.6 Å². The topological polar surface area (TPSA) is 50.6 Å². The minimum atomic E-state index is 0.0622. The first-order valence-electron chi connectivity index (χ1n) is 11.5. The highest BCUT2D eigenvalue weighted by Gasteiger charge is 2.26. The molecule has 4 rings (SSSR count). The molecule has 168 valence electrons. The van der Waals surface area contributed by atoms with Crippen molar-refractivity contribution < 1.29 is 9.53 Å². The predicted octanol–water partition coefficient (Wildman–Crippen LogP) is 4.53. The Morgan fingerprint density at radius 1 is 1.16 bits per heavy atom. The summed E-state index contributed by atoms with van der Waals surface area (Å²) in [4.78, 5) is 17.5.